The molecule has 0 aliphatic heterocycles. The van der Waals surface area contributed by atoms with Gasteiger partial charge in [-0.3, -0.25) is 0 Å². The summed E-state index contributed by atoms with van der Waals surface area (Å²) in [6, 6.07) is 0. The summed E-state index contributed by atoms with van der Waals surface area (Å²) >= 11 is 0. The molecule has 0 aliphatic rings. The second-order valence-electron chi connectivity index (χ2n) is 1.42. The number of methoxy groups -OCH3 is 2. The topological polar surface area (TPSA) is 76.7 Å². The van der Waals surface area contributed by atoms with Crippen molar-refractivity contribution in [2.45, 2.75) is 0 Å². The van der Waals surface area contributed by atoms with Crippen molar-refractivity contribution in [1.82, 2.24) is 10.5 Å². The predicted molar refractivity (Wildman–Crippen MR) is 36.8 cm³/mol. The Morgan fingerprint density at radius 2 is 1.45 bits per heavy atom. The largest absolute Gasteiger partial charge is 0.454 e. The van der Waals surface area contributed by atoms with Crippen LogP contribution in [-0.4, -0.2) is 34.0 Å². The number of hydrogen-bond donors (Lipinski definition) is 2. The lowest BCUT2D eigenvalue weighted by Gasteiger charge is -2.01. The van der Waals surface area contributed by atoms with Crippen molar-refractivity contribution in [3.05, 3.63) is 0 Å². The summed E-state index contributed by atoms with van der Waals surface area (Å²) in [5, 5.41) is 4.20. The average Bonchev–Trinajstić information content (AvgIpc) is 2.04. The highest BCUT2D eigenvalue weighted by atomic mass is 16.5. The zero-order valence-corrected chi connectivity index (χ0v) is 6.21. The molecule has 0 aromatic heterocycles. The number of carbonyl (C=O) groups excluding carboxylic acids is 2. The van der Waals surface area contributed by atoms with Gasteiger partial charge in [-0.25, -0.2) is 9.59 Å². The maximum atomic E-state index is 10.3. The van der Waals surface area contributed by atoms with Crippen molar-refractivity contribution in [3.8, 4) is 0 Å². The fourth-order valence-corrected chi connectivity index (χ4v) is 0.272. The summed E-state index contributed by atoms with van der Waals surface area (Å²) in [4.78, 5) is 20.6. The van der Waals surface area contributed by atoms with Gasteiger partial charge in [-0.1, -0.05) is 0 Å². The van der Waals surface area contributed by atoms with E-state index in [2.05, 4.69) is 19.9 Å². The van der Waals surface area contributed by atoms with Gasteiger partial charge in [0, 0.05) is 0 Å². The van der Waals surface area contributed by atoms with Gasteiger partial charge in [0.1, 0.15) is 0 Å². The first-order chi connectivity index (χ1) is 5.20. The maximum Gasteiger partial charge on any atom is 0.396 e. The van der Waals surface area contributed by atoms with Gasteiger partial charge in [0.2, 0.25) is 0 Å². The Balaban J connectivity index is 3.27. The van der Waals surface area contributed by atoms with Crippen LogP contribution >= 0.6 is 0 Å². The van der Waals surface area contributed by atoms with E-state index in [0.717, 1.165) is 7.55 Å². The van der Waals surface area contributed by atoms with Gasteiger partial charge in [-0.2, -0.15) is 0 Å². The molecule has 0 heterocycles. The van der Waals surface area contributed by atoms with Crippen molar-refractivity contribution < 1.29 is 19.1 Å². The van der Waals surface area contributed by atoms with Crippen LogP contribution in [-0.2, 0) is 9.47 Å². The number of amides is 2. The van der Waals surface area contributed by atoms with Crippen molar-refractivity contribution >= 4 is 19.7 Å². The smallest absolute Gasteiger partial charge is 0.396 e. The van der Waals surface area contributed by atoms with Gasteiger partial charge in [-0.05, 0) is 0 Å². The highest BCUT2D eigenvalue weighted by molar-refractivity contribution is 6.37. The third-order valence-corrected chi connectivity index (χ3v) is 0.751. The molecule has 0 bridgehead atoms. The molecular formula is C4H8BN2O4. The van der Waals surface area contributed by atoms with E-state index in [0.29, 0.717) is 0 Å². The first kappa shape index (κ1) is 9.60. The zero-order chi connectivity index (χ0) is 8.69. The molecule has 0 unspecified atom stereocenters. The van der Waals surface area contributed by atoms with E-state index in [1.54, 1.807) is 0 Å². The quantitative estimate of drug-likeness (QED) is 0.518. The summed E-state index contributed by atoms with van der Waals surface area (Å²) in [6.45, 7) is 0. The van der Waals surface area contributed by atoms with Gasteiger partial charge in [0.05, 0.1) is 14.2 Å². The molecule has 0 aromatic carbocycles. The van der Waals surface area contributed by atoms with E-state index >= 15 is 0 Å². The van der Waals surface area contributed by atoms with E-state index in [1.807, 2.05) is 0 Å². The fourth-order valence-electron chi connectivity index (χ4n) is 0.272. The van der Waals surface area contributed by atoms with Gasteiger partial charge in [-0.15, -0.1) is 0 Å². The molecule has 0 spiro atoms. The number of carbonyl (C=O) groups is 2. The maximum absolute atomic E-state index is 10.3. The number of nitrogens with one attached hydrogen (secondary N) is 2. The molecule has 0 saturated heterocycles. The molecule has 7 heteroatoms. The highest BCUT2D eigenvalue weighted by Crippen LogP contribution is 1.68. The minimum Gasteiger partial charge on any atom is -0.454 e. The fraction of sp³-hybridized carbons (Fsp3) is 0.500. The summed E-state index contributed by atoms with van der Waals surface area (Å²) in [5.74, 6) is 0. The molecule has 0 saturated carbocycles. The Kier molecular flexibility index (Phi) is 4.71. The van der Waals surface area contributed by atoms with Crippen LogP contribution < -0.4 is 10.5 Å². The Labute approximate surface area is 64.5 Å². The molecule has 0 rings (SSSR count). The average molecular weight is 159 g/mol. The zero-order valence-electron chi connectivity index (χ0n) is 6.21. The Bertz CT molecular complexity index is 135. The van der Waals surface area contributed by atoms with Crippen LogP contribution in [0.3, 0.4) is 0 Å². The summed E-state index contributed by atoms with van der Waals surface area (Å²) in [7, 11) is 3.43. The SMILES string of the molecule is COC(=O)N[B]NC(=O)OC. The van der Waals surface area contributed by atoms with E-state index in [4.69, 9.17) is 0 Å². The molecule has 0 aromatic rings. The minimum atomic E-state index is -0.665. The standard InChI is InChI=1S/C4H8BN2O4/c1-10-3(8)6-5-7-4(9)11-2/h1-2H3,(H,6,8)(H,7,9). The van der Waals surface area contributed by atoms with E-state index in [1.165, 1.54) is 14.2 Å². The molecule has 0 atom stereocenters. The highest BCUT2D eigenvalue weighted by Gasteiger charge is 2.02. The lowest BCUT2D eigenvalue weighted by atomic mass is 10.2. The van der Waals surface area contributed by atoms with Crippen LogP contribution in [0.15, 0.2) is 0 Å². The summed E-state index contributed by atoms with van der Waals surface area (Å²) in [5.41, 5.74) is 0. The molecule has 0 aliphatic carbocycles. The van der Waals surface area contributed by atoms with Crippen molar-refractivity contribution in [3.63, 3.8) is 0 Å². The van der Waals surface area contributed by atoms with E-state index in [9.17, 15) is 9.59 Å². The second kappa shape index (κ2) is 5.39. The second-order valence-corrected chi connectivity index (χ2v) is 1.42. The first-order valence-corrected chi connectivity index (χ1v) is 2.71. The lowest BCUT2D eigenvalue weighted by Crippen LogP contribution is -2.40. The van der Waals surface area contributed by atoms with Crippen molar-refractivity contribution in [1.29, 1.82) is 0 Å². The molecule has 6 nitrogen and oxygen atoms in total. The normalized spacial score (nSPS) is 7.82. The molecule has 2 N–H and O–H groups in total. The predicted octanol–water partition coefficient (Wildman–Crippen LogP) is -0.767. The molecule has 61 valence electrons. The van der Waals surface area contributed by atoms with Crippen LogP contribution in [0.4, 0.5) is 9.59 Å². The van der Waals surface area contributed by atoms with Gasteiger partial charge in [0.25, 0.3) is 0 Å². The summed E-state index contributed by atoms with van der Waals surface area (Å²) < 4.78 is 8.38. The molecular weight excluding hydrogens is 151 g/mol. The molecule has 11 heavy (non-hydrogen) atoms. The van der Waals surface area contributed by atoms with Crippen LogP contribution in [0.5, 0.6) is 0 Å². The van der Waals surface area contributed by atoms with Gasteiger partial charge < -0.3 is 19.9 Å². The van der Waals surface area contributed by atoms with Crippen LogP contribution in [0.2, 0.25) is 0 Å². The first-order valence-electron chi connectivity index (χ1n) is 2.71. The summed E-state index contributed by atoms with van der Waals surface area (Å²) in [6.07, 6.45) is -1.33. The molecule has 2 amide bonds. The van der Waals surface area contributed by atoms with Crippen LogP contribution in [0, 0.1) is 0 Å². The monoisotopic (exact) mass is 159 g/mol. The van der Waals surface area contributed by atoms with Gasteiger partial charge >= 0.3 is 19.7 Å². The number of rotatable bonds is 2. The Morgan fingerprint density at radius 1 is 1.09 bits per heavy atom. The van der Waals surface area contributed by atoms with Crippen LogP contribution in [0.25, 0.3) is 0 Å². The Morgan fingerprint density at radius 3 is 1.73 bits per heavy atom. The lowest BCUT2D eigenvalue weighted by molar-refractivity contribution is 0.175. The van der Waals surface area contributed by atoms with Crippen molar-refractivity contribution in [2.24, 2.45) is 0 Å². The van der Waals surface area contributed by atoms with Crippen LogP contribution in [0.1, 0.15) is 0 Å². The van der Waals surface area contributed by atoms with Crippen molar-refractivity contribution in [2.75, 3.05) is 14.2 Å². The third-order valence-electron chi connectivity index (χ3n) is 0.751. The number of hydrogen-bond acceptors (Lipinski definition) is 4. The molecule has 1 radical (unpaired) electrons. The number of ether oxygens (including phenoxy) is 2. The van der Waals surface area contributed by atoms with Gasteiger partial charge in [0.15, 0.2) is 0 Å². The Hall–Kier alpha value is -1.40. The van der Waals surface area contributed by atoms with E-state index < -0.39 is 12.2 Å². The van der Waals surface area contributed by atoms with E-state index in [-0.39, 0.29) is 0 Å². The molecule has 0 fully saturated rings. The minimum absolute atomic E-state index is 0.665. The third kappa shape index (κ3) is 5.07.